The van der Waals surface area contributed by atoms with E-state index in [-0.39, 0.29) is 0 Å². The number of nitrogens with zero attached hydrogens (tertiary/aromatic N) is 4. The molecular formula is C9H13N5S. The highest BCUT2D eigenvalue weighted by molar-refractivity contribution is 7.16. The molecule has 0 amide bonds. The molecule has 5 nitrogen and oxygen atoms in total. The molecule has 2 N–H and O–H groups in total. The highest BCUT2D eigenvalue weighted by atomic mass is 32.1. The van der Waals surface area contributed by atoms with Crippen LogP contribution in [0.25, 0.3) is 4.96 Å². The summed E-state index contributed by atoms with van der Waals surface area (Å²) in [5.74, 6) is 1.61. The molecule has 6 heteroatoms. The van der Waals surface area contributed by atoms with Crippen molar-refractivity contribution in [2.45, 2.75) is 31.6 Å². The fraction of sp³-hybridized carbons (Fsp3) is 0.667. The first kappa shape index (κ1) is 9.23. The van der Waals surface area contributed by atoms with Crippen LogP contribution in [-0.4, -0.2) is 26.4 Å². The van der Waals surface area contributed by atoms with Crippen molar-refractivity contribution in [3.05, 3.63) is 10.8 Å². The number of fused-ring (bicyclic) bond motifs is 1. The Bertz CT molecular complexity index is 470. The van der Waals surface area contributed by atoms with E-state index in [0.717, 1.165) is 22.2 Å². The molecule has 1 aliphatic carbocycles. The van der Waals surface area contributed by atoms with Crippen LogP contribution in [0, 0.1) is 0 Å². The van der Waals surface area contributed by atoms with E-state index in [1.165, 1.54) is 19.3 Å². The van der Waals surface area contributed by atoms with Gasteiger partial charge in [-0.05, 0) is 19.4 Å². The van der Waals surface area contributed by atoms with Crippen LogP contribution in [0.4, 0.5) is 0 Å². The first-order valence-electron chi connectivity index (χ1n) is 5.29. The molecule has 3 rings (SSSR count). The summed E-state index contributed by atoms with van der Waals surface area (Å²) in [6.07, 6.45) is 4.59. The minimum Gasteiger partial charge on any atom is -0.330 e. The zero-order valence-corrected chi connectivity index (χ0v) is 9.20. The first-order valence-corrected chi connectivity index (χ1v) is 6.11. The summed E-state index contributed by atoms with van der Waals surface area (Å²) >= 11 is 1.59. The molecule has 0 saturated heterocycles. The average Bonchev–Trinajstić information content (AvgIpc) is 2.65. The zero-order chi connectivity index (χ0) is 10.3. The van der Waals surface area contributed by atoms with Gasteiger partial charge in [0.1, 0.15) is 5.01 Å². The Morgan fingerprint density at radius 1 is 1.40 bits per heavy atom. The third-order valence-electron chi connectivity index (χ3n) is 2.89. The largest absolute Gasteiger partial charge is 0.330 e. The van der Waals surface area contributed by atoms with E-state index in [2.05, 4.69) is 15.3 Å². The number of aromatic nitrogens is 4. The molecule has 0 unspecified atom stereocenters. The number of hydrogen-bond acceptors (Lipinski definition) is 5. The van der Waals surface area contributed by atoms with Gasteiger partial charge in [-0.3, -0.25) is 0 Å². The Balaban J connectivity index is 1.99. The standard InChI is InChI=1S/C9H13N5S/c10-5-4-7-13-14-8(6-2-1-3-6)11-12-9(14)15-7/h6H,1-5,10H2. The predicted octanol–water partition coefficient (Wildman–Crippen LogP) is 0.954. The van der Waals surface area contributed by atoms with Crippen molar-refractivity contribution >= 4 is 16.3 Å². The maximum absolute atomic E-state index is 5.51. The highest BCUT2D eigenvalue weighted by Gasteiger charge is 2.25. The minimum absolute atomic E-state index is 0.577. The van der Waals surface area contributed by atoms with Crippen LogP contribution in [0.15, 0.2) is 0 Å². The lowest BCUT2D eigenvalue weighted by Gasteiger charge is -2.22. The Morgan fingerprint density at radius 3 is 2.93 bits per heavy atom. The quantitative estimate of drug-likeness (QED) is 0.841. The van der Waals surface area contributed by atoms with Crippen LogP contribution in [-0.2, 0) is 6.42 Å². The van der Waals surface area contributed by atoms with Crippen LogP contribution in [0.5, 0.6) is 0 Å². The van der Waals surface area contributed by atoms with Crippen LogP contribution < -0.4 is 5.73 Å². The topological polar surface area (TPSA) is 69.1 Å². The van der Waals surface area contributed by atoms with E-state index >= 15 is 0 Å². The minimum atomic E-state index is 0.577. The Hall–Kier alpha value is -1.01. The van der Waals surface area contributed by atoms with Crippen LogP contribution >= 0.6 is 11.3 Å². The summed E-state index contributed by atoms with van der Waals surface area (Å²) in [5.41, 5.74) is 5.51. The molecule has 0 spiro atoms. The lowest BCUT2D eigenvalue weighted by atomic mass is 9.85. The smallest absolute Gasteiger partial charge is 0.234 e. The van der Waals surface area contributed by atoms with Gasteiger partial charge in [0.15, 0.2) is 5.82 Å². The highest BCUT2D eigenvalue weighted by Crippen LogP contribution is 2.35. The fourth-order valence-corrected chi connectivity index (χ4v) is 2.67. The molecule has 80 valence electrons. The number of nitrogens with two attached hydrogens (primary N) is 1. The first-order chi connectivity index (χ1) is 7.38. The summed E-state index contributed by atoms with van der Waals surface area (Å²) in [5, 5.41) is 13.9. The lowest BCUT2D eigenvalue weighted by molar-refractivity contribution is 0.395. The molecule has 15 heavy (non-hydrogen) atoms. The van der Waals surface area contributed by atoms with Crippen LogP contribution in [0.1, 0.15) is 36.0 Å². The van der Waals surface area contributed by atoms with Crippen molar-refractivity contribution in [3.63, 3.8) is 0 Å². The molecule has 1 aliphatic rings. The molecule has 2 heterocycles. The molecule has 2 aromatic rings. The maximum Gasteiger partial charge on any atom is 0.234 e. The fourth-order valence-electron chi connectivity index (χ4n) is 1.82. The Morgan fingerprint density at radius 2 is 2.27 bits per heavy atom. The molecule has 0 bridgehead atoms. The summed E-state index contributed by atoms with van der Waals surface area (Å²) in [6.45, 7) is 0.642. The molecule has 0 aromatic carbocycles. The molecule has 0 aliphatic heterocycles. The molecule has 2 aromatic heterocycles. The van der Waals surface area contributed by atoms with Crippen molar-refractivity contribution in [2.24, 2.45) is 5.73 Å². The van der Waals surface area contributed by atoms with Gasteiger partial charge in [-0.1, -0.05) is 17.8 Å². The summed E-state index contributed by atoms with van der Waals surface area (Å²) in [7, 11) is 0. The molecule has 1 saturated carbocycles. The lowest BCUT2D eigenvalue weighted by Crippen LogP contribution is -2.13. The van der Waals surface area contributed by atoms with E-state index < -0.39 is 0 Å². The SMILES string of the molecule is NCCc1nn2c(C3CCC3)nnc2s1. The van der Waals surface area contributed by atoms with Crippen molar-refractivity contribution < 1.29 is 0 Å². The predicted molar refractivity (Wildman–Crippen MR) is 58.0 cm³/mol. The summed E-state index contributed by atoms with van der Waals surface area (Å²) in [4.78, 5) is 0.903. The van der Waals surface area contributed by atoms with E-state index in [0.29, 0.717) is 12.5 Å². The molecule has 0 radical (unpaired) electrons. The van der Waals surface area contributed by atoms with E-state index in [1.54, 1.807) is 11.3 Å². The molecular weight excluding hydrogens is 210 g/mol. The van der Waals surface area contributed by atoms with E-state index in [4.69, 9.17) is 5.73 Å². The van der Waals surface area contributed by atoms with Crippen molar-refractivity contribution in [2.75, 3.05) is 6.54 Å². The third-order valence-corrected chi connectivity index (χ3v) is 3.84. The summed E-state index contributed by atoms with van der Waals surface area (Å²) < 4.78 is 1.90. The Kier molecular flexibility index (Phi) is 2.17. The second-order valence-electron chi connectivity index (χ2n) is 3.91. The second-order valence-corrected chi connectivity index (χ2v) is 4.96. The number of hydrogen-bond donors (Lipinski definition) is 1. The second kappa shape index (κ2) is 3.53. The van der Waals surface area contributed by atoms with Gasteiger partial charge in [0.25, 0.3) is 0 Å². The van der Waals surface area contributed by atoms with Gasteiger partial charge in [-0.2, -0.15) is 9.61 Å². The van der Waals surface area contributed by atoms with Gasteiger partial charge in [-0.25, -0.2) is 0 Å². The third kappa shape index (κ3) is 1.44. The molecule has 1 fully saturated rings. The van der Waals surface area contributed by atoms with Gasteiger partial charge in [0, 0.05) is 12.3 Å². The molecule has 0 atom stereocenters. The van der Waals surface area contributed by atoms with Crippen LogP contribution in [0.3, 0.4) is 0 Å². The van der Waals surface area contributed by atoms with Crippen molar-refractivity contribution in [1.29, 1.82) is 0 Å². The van der Waals surface area contributed by atoms with Crippen molar-refractivity contribution in [1.82, 2.24) is 19.8 Å². The van der Waals surface area contributed by atoms with E-state index in [9.17, 15) is 0 Å². The van der Waals surface area contributed by atoms with Crippen molar-refractivity contribution in [3.8, 4) is 0 Å². The zero-order valence-electron chi connectivity index (χ0n) is 8.39. The van der Waals surface area contributed by atoms with Gasteiger partial charge in [-0.15, -0.1) is 10.2 Å². The van der Waals surface area contributed by atoms with Gasteiger partial charge < -0.3 is 5.73 Å². The van der Waals surface area contributed by atoms with Gasteiger partial charge in [0.2, 0.25) is 4.96 Å². The Labute approximate surface area is 91.3 Å². The number of rotatable bonds is 3. The average molecular weight is 223 g/mol. The normalized spacial score (nSPS) is 17.1. The monoisotopic (exact) mass is 223 g/mol. The van der Waals surface area contributed by atoms with Gasteiger partial charge in [0.05, 0.1) is 0 Å². The van der Waals surface area contributed by atoms with Crippen LogP contribution in [0.2, 0.25) is 0 Å². The van der Waals surface area contributed by atoms with Gasteiger partial charge >= 0.3 is 0 Å². The maximum atomic E-state index is 5.51. The summed E-state index contributed by atoms with van der Waals surface area (Å²) in [6, 6.07) is 0. The van der Waals surface area contributed by atoms with E-state index in [1.807, 2.05) is 4.52 Å².